The van der Waals surface area contributed by atoms with Crippen LogP contribution in [0.25, 0.3) is 0 Å². The van der Waals surface area contributed by atoms with E-state index in [-0.39, 0.29) is 0 Å². The summed E-state index contributed by atoms with van der Waals surface area (Å²) >= 11 is 0. The minimum Gasteiger partial charge on any atom is -0.339 e. The van der Waals surface area contributed by atoms with E-state index in [1.54, 1.807) is 0 Å². The molecule has 0 aromatic heterocycles. The molecule has 1 aliphatic heterocycles. The van der Waals surface area contributed by atoms with E-state index in [1.807, 2.05) is 0 Å². The van der Waals surface area contributed by atoms with Crippen molar-refractivity contribution in [2.75, 3.05) is 18.0 Å². The number of nitrogens with zero attached hydrogens (tertiary/aromatic N) is 2. The predicted octanol–water partition coefficient (Wildman–Crippen LogP) is 4.55. The first kappa shape index (κ1) is 15.9. The van der Waals surface area contributed by atoms with E-state index in [4.69, 9.17) is 0 Å². The standard InChI is InChI=1S/C21H28N2/c1-14-9-16(3)20(17(4)10-14)22-7-8-23(13-22)21-18(5)11-15(2)12-19(21)6/h9-13,16H,7-8H2,1-6H3. The molecule has 23 heavy (non-hydrogen) atoms. The zero-order valence-electron chi connectivity index (χ0n) is 15.3. The van der Waals surface area contributed by atoms with E-state index in [0.29, 0.717) is 5.92 Å². The zero-order valence-corrected chi connectivity index (χ0v) is 15.3. The normalized spacial score (nSPS) is 21.3. The van der Waals surface area contributed by atoms with Gasteiger partial charge in [0.2, 0.25) is 0 Å². The molecule has 0 radical (unpaired) electrons. The Bertz CT molecular complexity index is 698. The number of hydrogen-bond acceptors (Lipinski definition) is 1. The maximum Gasteiger partial charge on any atom is 0.150 e. The molecule has 2 aliphatic rings. The van der Waals surface area contributed by atoms with Gasteiger partial charge in [0.05, 0.1) is 0 Å². The molecule has 2 nitrogen and oxygen atoms in total. The van der Waals surface area contributed by atoms with Crippen LogP contribution in [0.5, 0.6) is 0 Å². The van der Waals surface area contributed by atoms with Crippen molar-refractivity contribution in [2.45, 2.75) is 41.5 Å². The average molecular weight is 308 g/mol. The molecule has 1 aromatic carbocycles. The van der Waals surface area contributed by atoms with Gasteiger partial charge in [-0.25, -0.2) is 0 Å². The number of allylic oxidation sites excluding steroid dienone is 2. The van der Waals surface area contributed by atoms with Crippen LogP contribution in [0.3, 0.4) is 0 Å². The molecule has 0 N–H and O–H groups in total. The van der Waals surface area contributed by atoms with Crippen LogP contribution >= 0.6 is 0 Å². The summed E-state index contributed by atoms with van der Waals surface area (Å²) < 4.78 is 2.44. The fourth-order valence-electron chi connectivity index (χ4n) is 4.26. The molecule has 0 saturated heterocycles. The van der Waals surface area contributed by atoms with Crippen molar-refractivity contribution < 1.29 is 4.58 Å². The third-order valence-corrected chi connectivity index (χ3v) is 4.89. The summed E-state index contributed by atoms with van der Waals surface area (Å²) in [5.41, 5.74) is 8.22. The Labute approximate surface area is 140 Å². The summed E-state index contributed by atoms with van der Waals surface area (Å²) in [5, 5.41) is 0. The van der Waals surface area contributed by atoms with Crippen LogP contribution in [-0.4, -0.2) is 24.0 Å². The first-order chi connectivity index (χ1) is 10.9. The summed E-state index contributed by atoms with van der Waals surface area (Å²) in [7, 11) is 0. The van der Waals surface area contributed by atoms with Gasteiger partial charge in [-0.3, -0.25) is 4.90 Å². The molecule has 0 bridgehead atoms. The van der Waals surface area contributed by atoms with Crippen LogP contribution in [0.1, 0.15) is 37.5 Å². The Hall–Kier alpha value is -1.96. The number of rotatable bonds is 2. The molecule has 122 valence electrons. The maximum atomic E-state index is 2.44. The second kappa shape index (κ2) is 5.92. The zero-order chi connectivity index (χ0) is 16.7. The summed E-state index contributed by atoms with van der Waals surface area (Å²) in [6, 6.07) is 6.01. The molecule has 1 aromatic rings. The molecule has 1 atom stereocenters. The molecule has 1 heterocycles. The highest BCUT2D eigenvalue weighted by Gasteiger charge is 2.27. The van der Waals surface area contributed by atoms with E-state index in [2.05, 4.69) is 81.6 Å². The van der Waals surface area contributed by atoms with Gasteiger partial charge in [-0.1, -0.05) is 44.5 Å². The minimum absolute atomic E-state index is 0.483. The Morgan fingerprint density at radius 1 is 1.09 bits per heavy atom. The molecule has 1 unspecified atom stereocenters. The first-order valence-electron chi connectivity index (χ1n) is 8.57. The van der Waals surface area contributed by atoms with Crippen LogP contribution in [0.15, 0.2) is 35.4 Å². The number of hydrogen-bond donors (Lipinski definition) is 0. The molecule has 3 rings (SSSR count). The quantitative estimate of drug-likeness (QED) is 0.574. The molecule has 0 fully saturated rings. The molecule has 0 saturated carbocycles. The third kappa shape index (κ3) is 2.95. The molecule has 0 amide bonds. The van der Waals surface area contributed by atoms with Gasteiger partial charge in [-0.15, -0.1) is 17.2 Å². The van der Waals surface area contributed by atoms with Crippen molar-refractivity contribution in [3.63, 3.8) is 0 Å². The van der Waals surface area contributed by atoms with Crippen molar-refractivity contribution in [3.8, 4) is 0 Å². The van der Waals surface area contributed by atoms with E-state index in [0.717, 1.165) is 13.1 Å². The van der Waals surface area contributed by atoms with Crippen molar-refractivity contribution in [1.82, 2.24) is 0 Å². The average Bonchev–Trinajstić information content (AvgIpc) is 2.85. The highest BCUT2D eigenvalue weighted by molar-refractivity contribution is 5.81. The minimum atomic E-state index is 0.483. The summed E-state index contributed by atoms with van der Waals surface area (Å²) in [5.74, 6) is 0.483. The van der Waals surface area contributed by atoms with Crippen molar-refractivity contribution in [2.24, 2.45) is 5.92 Å². The first-order valence-corrected chi connectivity index (χ1v) is 8.57. The van der Waals surface area contributed by atoms with E-state index >= 15 is 0 Å². The Kier molecular flexibility index (Phi) is 4.09. The van der Waals surface area contributed by atoms with Crippen molar-refractivity contribution in [1.29, 1.82) is 0 Å². The van der Waals surface area contributed by atoms with Gasteiger partial charge in [0, 0.05) is 6.04 Å². The number of aryl methyl sites for hydroxylation is 3. The molecule has 2 heteroatoms. The van der Waals surface area contributed by atoms with Gasteiger partial charge in [0.25, 0.3) is 0 Å². The summed E-state index contributed by atoms with van der Waals surface area (Å²) in [6.07, 6.45) is 6.97. The lowest BCUT2D eigenvalue weighted by Crippen LogP contribution is -2.26. The van der Waals surface area contributed by atoms with Gasteiger partial charge in [0.1, 0.15) is 25.1 Å². The van der Waals surface area contributed by atoms with Crippen molar-refractivity contribution >= 4 is 12.0 Å². The lowest BCUT2D eigenvalue weighted by Gasteiger charge is -2.32. The SMILES string of the molecule is CC1=CC(C)[C-]([N+]2=CN(c3c(C)cc(C)cc3C)CC2)C(C)=C1. The van der Waals surface area contributed by atoms with Crippen LogP contribution in [0.4, 0.5) is 5.69 Å². The monoisotopic (exact) mass is 308 g/mol. The predicted molar refractivity (Wildman–Crippen MR) is 99.1 cm³/mol. The van der Waals surface area contributed by atoms with Gasteiger partial charge < -0.3 is 4.58 Å². The van der Waals surface area contributed by atoms with Crippen LogP contribution in [0, 0.1) is 32.7 Å². The summed E-state index contributed by atoms with van der Waals surface area (Å²) in [6.45, 7) is 15.5. The van der Waals surface area contributed by atoms with Crippen LogP contribution < -0.4 is 4.90 Å². The van der Waals surface area contributed by atoms with E-state index in [9.17, 15) is 0 Å². The molecule has 1 aliphatic carbocycles. The molecule has 0 spiro atoms. The largest absolute Gasteiger partial charge is 0.339 e. The second-order valence-corrected chi connectivity index (χ2v) is 7.16. The summed E-state index contributed by atoms with van der Waals surface area (Å²) in [4.78, 5) is 2.42. The van der Waals surface area contributed by atoms with Crippen LogP contribution in [0.2, 0.25) is 0 Å². The van der Waals surface area contributed by atoms with E-state index < -0.39 is 0 Å². The van der Waals surface area contributed by atoms with Gasteiger partial charge in [-0.05, 0) is 37.8 Å². The number of anilines is 1. The Balaban J connectivity index is 1.92. The molecular formula is C21H28N2. The lowest BCUT2D eigenvalue weighted by atomic mass is 9.87. The third-order valence-electron chi connectivity index (χ3n) is 4.89. The molecular weight excluding hydrogens is 280 g/mol. The Morgan fingerprint density at radius 3 is 2.35 bits per heavy atom. The highest BCUT2D eigenvalue weighted by atomic mass is 15.3. The van der Waals surface area contributed by atoms with Crippen LogP contribution in [-0.2, 0) is 0 Å². The topological polar surface area (TPSA) is 6.25 Å². The fraction of sp³-hybridized carbons (Fsp3) is 0.429. The van der Waals surface area contributed by atoms with E-state index in [1.165, 1.54) is 39.6 Å². The van der Waals surface area contributed by atoms with Gasteiger partial charge >= 0.3 is 0 Å². The maximum absolute atomic E-state index is 2.44. The lowest BCUT2D eigenvalue weighted by molar-refractivity contribution is -0.499. The van der Waals surface area contributed by atoms with Crippen molar-refractivity contribution in [3.05, 3.63) is 58.2 Å². The number of benzene rings is 1. The highest BCUT2D eigenvalue weighted by Crippen LogP contribution is 2.33. The fourth-order valence-corrected chi connectivity index (χ4v) is 4.26. The smallest absolute Gasteiger partial charge is 0.150 e. The second-order valence-electron chi connectivity index (χ2n) is 7.16. The Morgan fingerprint density at radius 2 is 1.74 bits per heavy atom. The van der Waals surface area contributed by atoms with Gasteiger partial charge in [0.15, 0.2) is 0 Å². The van der Waals surface area contributed by atoms with Gasteiger partial charge in [-0.2, -0.15) is 0 Å².